The van der Waals surface area contributed by atoms with E-state index in [4.69, 9.17) is 5.73 Å². The van der Waals surface area contributed by atoms with Gasteiger partial charge in [0, 0.05) is 19.0 Å². The summed E-state index contributed by atoms with van der Waals surface area (Å²) in [5, 5.41) is 4.28. The van der Waals surface area contributed by atoms with E-state index in [1.54, 1.807) is 6.33 Å². The van der Waals surface area contributed by atoms with Crippen molar-refractivity contribution in [2.75, 3.05) is 0 Å². The minimum Gasteiger partial charge on any atom is -0.327 e. The molecule has 0 amide bonds. The molecule has 4 nitrogen and oxygen atoms in total. The van der Waals surface area contributed by atoms with E-state index in [1.807, 2.05) is 4.68 Å². The molecule has 1 aromatic rings. The largest absolute Gasteiger partial charge is 0.327 e. The molecule has 0 saturated heterocycles. The highest BCUT2D eigenvalue weighted by Crippen LogP contribution is 2.32. The van der Waals surface area contributed by atoms with E-state index < -0.39 is 0 Å². The molecule has 1 unspecified atom stereocenters. The molecule has 0 radical (unpaired) electrons. The maximum absolute atomic E-state index is 6.41. The van der Waals surface area contributed by atoms with Gasteiger partial charge >= 0.3 is 0 Å². The van der Waals surface area contributed by atoms with Crippen molar-refractivity contribution >= 4 is 0 Å². The van der Waals surface area contributed by atoms with Crippen LogP contribution in [-0.4, -0.2) is 20.8 Å². The molecule has 2 rings (SSSR count). The zero-order chi connectivity index (χ0) is 13.7. The standard InChI is InChI=1S/C15H28N4/c1-3-9-19-15(17-11-18-19)10-14(16)13-7-5-12(4-2)6-8-13/h11-14H,3-10,16H2,1-2H3. The Bertz CT molecular complexity index is 366. The predicted octanol–water partition coefficient (Wildman–Crippen LogP) is 2.77. The molecule has 1 saturated carbocycles. The fraction of sp³-hybridized carbons (Fsp3) is 0.867. The summed E-state index contributed by atoms with van der Waals surface area (Å²) in [5.74, 6) is 2.67. The smallest absolute Gasteiger partial charge is 0.138 e. The average Bonchev–Trinajstić information content (AvgIpc) is 2.86. The van der Waals surface area contributed by atoms with Gasteiger partial charge in [-0.05, 0) is 31.1 Å². The summed E-state index contributed by atoms with van der Waals surface area (Å²) in [6, 6.07) is 0.248. The first-order valence-electron chi connectivity index (χ1n) is 7.86. The Kier molecular flexibility index (Phi) is 5.37. The first-order chi connectivity index (χ1) is 9.24. The molecule has 0 bridgehead atoms. The molecule has 1 fully saturated rings. The molecular formula is C15H28N4. The molecule has 1 heterocycles. The van der Waals surface area contributed by atoms with Gasteiger partial charge in [0.25, 0.3) is 0 Å². The average molecular weight is 264 g/mol. The van der Waals surface area contributed by atoms with Crippen LogP contribution in [0.4, 0.5) is 0 Å². The number of aromatic nitrogens is 3. The summed E-state index contributed by atoms with van der Waals surface area (Å²) >= 11 is 0. The summed E-state index contributed by atoms with van der Waals surface area (Å²) in [7, 11) is 0. The summed E-state index contributed by atoms with van der Waals surface area (Å²) in [5.41, 5.74) is 6.41. The Morgan fingerprint density at radius 3 is 2.68 bits per heavy atom. The molecule has 0 spiro atoms. The number of hydrogen-bond donors (Lipinski definition) is 1. The Balaban J connectivity index is 1.87. The maximum atomic E-state index is 6.41. The van der Waals surface area contributed by atoms with Crippen LogP contribution in [0.5, 0.6) is 0 Å². The third-order valence-electron chi connectivity index (χ3n) is 4.62. The molecule has 1 aliphatic carbocycles. The van der Waals surface area contributed by atoms with Crippen molar-refractivity contribution in [1.82, 2.24) is 14.8 Å². The van der Waals surface area contributed by atoms with Gasteiger partial charge in [0.2, 0.25) is 0 Å². The van der Waals surface area contributed by atoms with Gasteiger partial charge in [-0.25, -0.2) is 4.98 Å². The van der Waals surface area contributed by atoms with Crippen LogP contribution in [0.25, 0.3) is 0 Å². The molecule has 4 heteroatoms. The van der Waals surface area contributed by atoms with E-state index in [9.17, 15) is 0 Å². The van der Waals surface area contributed by atoms with Crippen molar-refractivity contribution in [2.24, 2.45) is 17.6 Å². The monoisotopic (exact) mass is 264 g/mol. The Morgan fingerprint density at radius 1 is 1.32 bits per heavy atom. The van der Waals surface area contributed by atoms with E-state index in [0.717, 1.165) is 31.1 Å². The zero-order valence-corrected chi connectivity index (χ0v) is 12.4. The normalized spacial score (nSPS) is 25.4. The van der Waals surface area contributed by atoms with E-state index in [1.165, 1.54) is 32.1 Å². The van der Waals surface area contributed by atoms with Gasteiger partial charge in [-0.15, -0.1) is 0 Å². The van der Waals surface area contributed by atoms with Crippen molar-refractivity contribution in [1.29, 1.82) is 0 Å². The minimum atomic E-state index is 0.248. The number of rotatable bonds is 6. The second kappa shape index (κ2) is 7.04. The zero-order valence-electron chi connectivity index (χ0n) is 12.4. The quantitative estimate of drug-likeness (QED) is 0.859. The van der Waals surface area contributed by atoms with Crippen molar-refractivity contribution < 1.29 is 0 Å². The summed E-state index contributed by atoms with van der Waals surface area (Å²) in [4.78, 5) is 4.37. The lowest BCUT2D eigenvalue weighted by molar-refractivity contribution is 0.235. The lowest BCUT2D eigenvalue weighted by Gasteiger charge is -2.31. The van der Waals surface area contributed by atoms with Crippen LogP contribution in [-0.2, 0) is 13.0 Å². The van der Waals surface area contributed by atoms with Crippen LogP contribution in [0.1, 0.15) is 58.2 Å². The van der Waals surface area contributed by atoms with Crippen molar-refractivity contribution in [3.63, 3.8) is 0 Å². The lowest BCUT2D eigenvalue weighted by atomic mass is 9.77. The Labute approximate surface area is 116 Å². The molecule has 0 aromatic carbocycles. The van der Waals surface area contributed by atoms with Gasteiger partial charge in [0.1, 0.15) is 12.2 Å². The Hall–Kier alpha value is -0.900. The summed E-state index contributed by atoms with van der Waals surface area (Å²) in [6.07, 6.45) is 10.3. The van der Waals surface area contributed by atoms with Crippen molar-refractivity contribution in [2.45, 2.75) is 71.4 Å². The molecular weight excluding hydrogens is 236 g/mol. The first kappa shape index (κ1) is 14.5. The van der Waals surface area contributed by atoms with Crippen LogP contribution < -0.4 is 5.73 Å². The van der Waals surface area contributed by atoms with Crippen LogP contribution in [0.3, 0.4) is 0 Å². The molecule has 19 heavy (non-hydrogen) atoms. The predicted molar refractivity (Wildman–Crippen MR) is 77.7 cm³/mol. The minimum absolute atomic E-state index is 0.248. The van der Waals surface area contributed by atoms with Crippen LogP contribution in [0.15, 0.2) is 6.33 Å². The van der Waals surface area contributed by atoms with Gasteiger partial charge in [-0.2, -0.15) is 5.10 Å². The van der Waals surface area contributed by atoms with E-state index in [-0.39, 0.29) is 6.04 Å². The van der Waals surface area contributed by atoms with Crippen LogP contribution >= 0.6 is 0 Å². The fourth-order valence-corrected chi connectivity index (χ4v) is 3.25. The Morgan fingerprint density at radius 2 is 2.05 bits per heavy atom. The molecule has 1 aliphatic rings. The van der Waals surface area contributed by atoms with Gasteiger partial charge in [0.15, 0.2) is 0 Å². The lowest BCUT2D eigenvalue weighted by Crippen LogP contribution is -2.35. The van der Waals surface area contributed by atoms with Crippen molar-refractivity contribution in [3.05, 3.63) is 12.2 Å². The van der Waals surface area contributed by atoms with E-state index in [2.05, 4.69) is 23.9 Å². The number of nitrogens with two attached hydrogens (primary N) is 1. The summed E-state index contributed by atoms with van der Waals surface area (Å²) < 4.78 is 2.01. The van der Waals surface area contributed by atoms with Gasteiger partial charge in [-0.1, -0.05) is 33.1 Å². The first-order valence-corrected chi connectivity index (χ1v) is 7.86. The van der Waals surface area contributed by atoms with Crippen LogP contribution in [0, 0.1) is 11.8 Å². The highest BCUT2D eigenvalue weighted by atomic mass is 15.3. The van der Waals surface area contributed by atoms with E-state index >= 15 is 0 Å². The van der Waals surface area contributed by atoms with Gasteiger partial charge in [0.05, 0.1) is 0 Å². The molecule has 1 atom stereocenters. The third-order valence-corrected chi connectivity index (χ3v) is 4.62. The molecule has 2 N–H and O–H groups in total. The SMILES string of the molecule is CCCn1ncnc1CC(N)C1CCC(CC)CC1. The highest BCUT2D eigenvalue weighted by Gasteiger charge is 2.25. The highest BCUT2D eigenvalue weighted by molar-refractivity contribution is 4.92. The fourth-order valence-electron chi connectivity index (χ4n) is 3.25. The van der Waals surface area contributed by atoms with E-state index in [0.29, 0.717) is 5.92 Å². The maximum Gasteiger partial charge on any atom is 0.138 e. The topological polar surface area (TPSA) is 56.7 Å². The second-order valence-electron chi connectivity index (χ2n) is 5.96. The molecule has 0 aliphatic heterocycles. The summed E-state index contributed by atoms with van der Waals surface area (Å²) in [6.45, 7) is 5.42. The third kappa shape index (κ3) is 3.78. The van der Waals surface area contributed by atoms with Crippen molar-refractivity contribution in [3.8, 4) is 0 Å². The number of hydrogen-bond acceptors (Lipinski definition) is 3. The second-order valence-corrected chi connectivity index (χ2v) is 5.96. The number of aryl methyl sites for hydroxylation is 1. The van der Waals surface area contributed by atoms with Gasteiger partial charge in [-0.3, -0.25) is 4.68 Å². The van der Waals surface area contributed by atoms with Gasteiger partial charge < -0.3 is 5.73 Å². The molecule has 1 aromatic heterocycles. The number of nitrogens with zero attached hydrogens (tertiary/aromatic N) is 3. The molecule has 108 valence electrons. The van der Waals surface area contributed by atoms with Crippen LogP contribution in [0.2, 0.25) is 0 Å².